The average molecular weight is 587 g/mol. The standard InChI is InChI=1S/C27H41Cl2N5O5/c1-26(2,3)33-25(39)32-19(15-10-5-4-6-11-15)24(38)34-13-16-18(27(16,28)29)20(34)23(37)31-17(21(35)22(30)36)12-14-8-7-9-14/h14-20H,4-13H2,1-3H3,(H2,30,36)(H,31,37)(H2,32,33,39)/t16-,17-,18-,19-,20-/m0/s1. The van der Waals surface area contributed by atoms with Gasteiger partial charge in [-0.25, -0.2) is 4.79 Å². The van der Waals surface area contributed by atoms with Crippen molar-refractivity contribution >= 4 is 52.7 Å². The number of nitrogens with one attached hydrogen (secondary N) is 3. The topological polar surface area (TPSA) is 151 Å². The minimum Gasteiger partial charge on any atom is -0.363 e. The Morgan fingerprint density at radius 3 is 2.15 bits per heavy atom. The van der Waals surface area contributed by atoms with Gasteiger partial charge in [-0.3, -0.25) is 19.2 Å². The maximum atomic E-state index is 14.1. The molecular weight excluding hydrogens is 545 g/mol. The van der Waals surface area contributed by atoms with Crippen LogP contribution in [0.1, 0.15) is 78.6 Å². The van der Waals surface area contributed by atoms with Crippen molar-refractivity contribution in [3.8, 4) is 0 Å². The number of carbonyl (C=O) groups excluding carboxylic acids is 5. The number of halogens is 2. The molecule has 4 fully saturated rings. The summed E-state index contributed by atoms with van der Waals surface area (Å²) in [4.78, 5) is 66.4. The van der Waals surface area contributed by atoms with Gasteiger partial charge in [-0.05, 0) is 51.9 Å². The summed E-state index contributed by atoms with van der Waals surface area (Å²) in [6, 6.07) is -3.37. The Bertz CT molecular complexity index is 1010. The van der Waals surface area contributed by atoms with Crippen LogP contribution < -0.4 is 21.7 Å². The SMILES string of the molecule is CC(C)(C)NC(=O)N[C@H](C(=O)N1C[C@H]2[C@@H]([C@H]1C(=O)N[C@@H](CC1CCC1)C(=O)C(N)=O)C2(Cl)Cl)C1CCCCC1. The van der Waals surface area contributed by atoms with E-state index in [1.807, 2.05) is 20.8 Å². The number of carbonyl (C=O) groups is 5. The van der Waals surface area contributed by atoms with E-state index >= 15 is 0 Å². The van der Waals surface area contributed by atoms with Crippen molar-refractivity contribution in [2.24, 2.45) is 29.4 Å². The van der Waals surface area contributed by atoms with Crippen LogP contribution in [-0.4, -0.2) is 69.0 Å². The van der Waals surface area contributed by atoms with E-state index in [-0.39, 0.29) is 30.2 Å². The summed E-state index contributed by atoms with van der Waals surface area (Å²) in [7, 11) is 0. The molecule has 1 saturated heterocycles. The first-order valence-corrected chi connectivity index (χ1v) is 14.9. The number of piperidine rings is 1. The highest BCUT2D eigenvalue weighted by Gasteiger charge is 2.74. The monoisotopic (exact) mass is 585 g/mol. The van der Waals surface area contributed by atoms with Gasteiger partial charge in [0.1, 0.15) is 16.4 Å². The lowest BCUT2D eigenvalue weighted by molar-refractivity contribution is -0.144. The predicted molar refractivity (Wildman–Crippen MR) is 147 cm³/mol. The Morgan fingerprint density at radius 1 is 0.974 bits per heavy atom. The molecule has 3 saturated carbocycles. The highest BCUT2D eigenvalue weighted by atomic mass is 35.5. The van der Waals surface area contributed by atoms with Gasteiger partial charge in [-0.1, -0.05) is 38.5 Å². The molecule has 1 heterocycles. The molecule has 0 bridgehead atoms. The van der Waals surface area contributed by atoms with Crippen LogP contribution in [0, 0.1) is 23.7 Å². The molecule has 0 unspecified atom stereocenters. The summed E-state index contributed by atoms with van der Waals surface area (Å²) in [5.41, 5.74) is 4.78. The van der Waals surface area contributed by atoms with E-state index < -0.39 is 57.5 Å². The van der Waals surface area contributed by atoms with Crippen molar-refractivity contribution in [2.45, 2.75) is 107 Å². The number of Topliss-reactive ketones (excluding diaryl/α,β-unsaturated/α-hetero) is 1. The molecule has 4 aliphatic rings. The van der Waals surface area contributed by atoms with E-state index in [4.69, 9.17) is 28.9 Å². The van der Waals surface area contributed by atoms with Crippen LogP contribution in [0.15, 0.2) is 0 Å². The highest BCUT2D eigenvalue weighted by Crippen LogP contribution is 2.65. The molecule has 5 N–H and O–H groups in total. The van der Waals surface area contributed by atoms with Crippen LogP contribution in [0.3, 0.4) is 0 Å². The van der Waals surface area contributed by atoms with Crippen molar-refractivity contribution in [3.63, 3.8) is 0 Å². The van der Waals surface area contributed by atoms with Crippen molar-refractivity contribution in [1.29, 1.82) is 0 Å². The Hall–Kier alpha value is -2.07. The fourth-order valence-corrected chi connectivity index (χ4v) is 7.23. The molecule has 5 amide bonds. The summed E-state index contributed by atoms with van der Waals surface area (Å²) < 4.78 is -1.17. The molecule has 0 spiro atoms. The van der Waals surface area contributed by atoms with Crippen LogP contribution in [0.2, 0.25) is 0 Å². The number of amides is 5. The van der Waals surface area contributed by atoms with Gasteiger partial charge in [0, 0.05) is 23.9 Å². The maximum absolute atomic E-state index is 14.1. The van der Waals surface area contributed by atoms with Gasteiger partial charge in [0.2, 0.25) is 17.6 Å². The number of primary amides is 1. The summed E-state index contributed by atoms with van der Waals surface area (Å²) in [6.45, 7) is 5.72. The van der Waals surface area contributed by atoms with Crippen molar-refractivity contribution in [2.75, 3.05) is 6.54 Å². The molecule has 4 rings (SSSR count). The second kappa shape index (κ2) is 11.4. The van der Waals surface area contributed by atoms with Gasteiger partial charge in [-0.15, -0.1) is 23.2 Å². The summed E-state index contributed by atoms with van der Waals surface area (Å²) in [6.07, 6.45) is 7.72. The zero-order valence-corrected chi connectivity index (χ0v) is 24.4. The molecule has 10 nitrogen and oxygen atoms in total. The summed E-state index contributed by atoms with van der Waals surface area (Å²) in [5.74, 6) is -3.60. The number of nitrogens with zero attached hydrogens (tertiary/aromatic N) is 1. The number of fused-ring (bicyclic) bond motifs is 1. The van der Waals surface area contributed by atoms with Crippen molar-refractivity contribution < 1.29 is 24.0 Å². The largest absolute Gasteiger partial charge is 0.363 e. The van der Waals surface area contributed by atoms with Crippen molar-refractivity contribution in [3.05, 3.63) is 0 Å². The number of likely N-dealkylation sites (tertiary alicyclic amines) is 1. The second-order valence-electron chi connectivity index (χ2n) is 12.8. The molecule has 3 aliphatic carbocycles. The van der Waals surface area contributed by atoms with Gasteiger partial charge in [-0.2, -0.15) is 0 Å². The summed E-state index contributed by atoms with van der Waals surface area (Å²) in [5, 5.41) is 8.45. The lowest BCUT2D eigenvalue weighted by Gasteiger charge is -2.37. The fourth-order valence-electron chi connectivity index (χ4n) is 6.40. The lowest BCUT2D eigenvalue weighted by Crippen LogP contribution is -2.61. The Kier molecular flexibility index (Phi) is 8.76. The normalized spacial score (nSPS) is 27.9. The first-order chi connectivity index (χ1) is 18.2. The van der Waals surface area contributed by atoms with Crippen LogP contribution in [-0.2, 0) is 19.2 Å². The quantitative estimate of drug-likeness (QED) is 0.242. The number of hydrogen-bond donors (Lipinski definition) is 4. The van der Waals surface area contributed by atoms with E-state index in [1.165, 1.54) is 4.90 Å². The minimum absolute atomic E-state index is 0.0721. The third-order valence-electron chi connectivity index (χ3n) is 8.72. The fraction of sp³-hybridized carbons (Fsp3) is 0.815. The first-order valence-electron chi connectivity index (χ1n) is 14.1. The van der Waals surface area contributed by atoms with Crippen LogP contribution in [0.4, 0.5) is 4.79 Å². The third-order valence-corrected chi connectivity index (χ3v) is 9.78. The van der Waals surface area contributed by atoms with Gasteiger partial charge >= 0.3 is 6.03 Å². The minimum atomic E-state index is -1.17. The van der Waals surface area contributed by atoms with Crippen LogP contribution >= 0.6 is 23.2 Å². The number of urea groups is 1. The smallest absolute Gasteiger partial charge is 0.315 e. The Morgan fingerprint density at radius 2 is 1.62 bits per heavy atom. The molecule has 0 aromatic rings. The highest BCUT2D eigenvalue weighted by molar-refractivity contribution is 6.51. The second-order valence-corrected chi connectivity index (χ2v) is 14.2. The molecule has 12 heteroatoms. The number of rotatable bonds is 9. The Balaban J connectivity index is 1.55. The molecule has 218 valence electrons. The Labute approximate surface area is 239 Å². The summed E-state index contributed by atoms with van der Waals surface area (Å²) >= 11 is 13.0. The van der Waals surface area contributed by atoms with E-state index in [9.17, 15) is 24.0 Å². The zero-order valence-electron chi connectivity index (χ0n) is 22.9. The van der Waals surface area contributed by atoms with Crippen LogP contribution in [0.5, 0.6) is 0 Å². The number of ketones is 1. The lowest BCUT2D eigenvalue weighted by atomic mass is 9.80. The predicted octanol–water partition coefficient (Wildman–Crippen LogP) is 2.39. The van der Waals surface area contributed by atoms with E-state index in [0.29, 0.717) is 6.42 Å². The molecule has 1 aliphatic heterocycles. The number of nitrogens with two attached hydrogens (primary N) is 1. The van der Waals surface area contributed by atoms with Crippen molar-refractivity contribution in [1.82, 2.24) is 20.9 Å². The number of alkyl halides is 2. The molecule has 0 aromatic heterocycles. The first kappa shape index (κ1) is 29.9. The molecule has 5 atom stereocenters. The van der Waals surface area contributed by atoms with Gasteiger partial charge in [0.05, 0.1) is 6.04 Å². The third kappa shape index (κ3) is 6.64. The molecular formula is C27H41Cl2N5O5. The zero-order chi connectivity index (χ0) is 28.7. The van der Waals surface area contributed by atoms with E-state index in [1.54, 1.807) is 0 Å². The molecule has 0 radical (unpaired) electrons. The van der Waals surface area contributed by atoms with Gasteiger partial charge in [0.15, 0.2) is 0 Å². The van der Waals surface area contributed by atoms with Gasteiger partial charge < -0.3 is 26.6 Å². The van der Waals surface area contributed by atoms with E-state index in [0.717, 1.165) is 51.4 Å². The number of hydrogen-bond acceptors (Lipinski definition) is 5. The van der Waals surface area contributed by atoms with Gasteiger partial charge in [0.25, 0.3) is 5.91 Å². The van der Waals surface area contributed by atoms with E-state index in [2.05, 4.69) is 16.0 Å². The maximum Gasteiger partial charge on any atom is 0.315 e. The molecule has 0 aromatic carbocycles. The van der Waals surface area contributed by atoms with Crippen LogP contribution in [0.25, 0.3) is 0 Å². The molecule has 39 heavy (non-hydrogen) atoms. The average Bonchev–Trinajstić information content (AvgIpc) is 3.15.